The maximum absolute atomic E-state index is 13.0. The van der Waals surface area contributed by atoms with Gasteiger partial charge in [0.1, 0.15) is 5.82 Å². The van der Waals surface area contributed by atoms with Gasteiger partial charge in [-0.2, -0.15) is 0 Å². The summed E-state index contributed by atoms with van der Waals surface area (Å²) < 4.78 is 13.0. The van der Waals surface area contributed by atoms with E-state index in [0.29, 0.717) is 22.8 Å². The van der Waals surface area contributed by atoms with Crippen molar-refractivity contribution < 1.29 is 4.39 Å². The van der Waals surface area contributed by atoms with Gasteiger partial charge < -0.3 is 10.6 Å². The Hall–Kier alpha value is -0.870. The fraction of sp³-hybridized carbons (Fsp3) is 0.500. The second-order valence-corrected chi connectivity index (χ2v) is 5.92. The molecule has 19 heavy (non-hydrogen) atoms. The molecule has 0 aliphatic carbocycles. The minimum atomic E-state index is -0.434. The van der Waals surface area contributed by atoms with Crippen LogP contribution in [0, 0.1) is 11.7 Å². The topological polar surface area (TPSA) is 24.1 Å². The number of hydrogen-bond acceptors (Lipinski definition) is 1. The summed E-state index contributed by atoms with van der Waals surface area (Å²) in [4.78, 5) is 0. The minimum Gasteiger partial charge on any atom is -0.360 e. The highest BCUT2D eigenvalue weighted by Crippen LogP contribution is 2.19. The molecule has 0 bridgehead atoms. The summed E-state index contributed by atoms with van der Waals surface area (Å²) in [5.41, 5.74) is 0.681. The standard InChI is InChI=1S/C14H20ClFN2S/c1-9(2)4-5-10(3)17-14(19)18-11-6-7-13(16)12(15)8-11/h6-10H,4-5H2,1-3H3,(H2,17,18,19). The molecule has 1 aromatic carbocycles. The van der Waals surface area contributed by atoms with Crippen molar-refractivity contribution in [2.45, 2.75) is 39.7 Å². The minimum absolute atomic E-state index is 0.0839. The van der Waals surface area contributed by atoms with Gasteiger partial charge in [-0.15, -0.1) is 0 Å². The number of anilines is 1. The summed E-state index contributed by atoms with van der Waals surface area (Å²) in [6.45, 7) is 6.49. The highest BCUT2D eigenvalue weighted by molar-refractivity contribution is 7.80. The van der Waals surface area contributed by atoms with Gasteiger partial charge in [-0.25, -0.2) is 4.39 Å². The van der Waals surface area contributed by atoms with Gasteiger partial charge in [-0.05, 0) is 56.1 Å². The maximum Gasteiger partial charge on any atom is 0.170 e. The van der Waals surface area contributed by atoms with E-state index in [0.717, 1.165) is 12.8 Å². The Morgan fingerprint density at radius 3 is 2.58 bits per heavy atom. The van der Waals surface area contributed by atoms with Crippen molar-refractivity contribution in [3.8, 4) is 0 Å². The molecule has 1 rings (SSSR count). The van der Waals surface area contributed by atoms with Crippen molar-refractivity contribution >= 4 is 34.6 Å². The van der Waals surface area contributed by atoms with Crippen LogP contribution in [-0.2, 0) is 0 Å². The Labute approximate surface area is 124 Å². The summed E-state index contributed by atoms with van der Waals surface area (Å²) in [6.07, 6.45) is 2.21. The Bertz CT molecular complexity index is 437. The molecule has 0 heterocycles. The molecule has 2 nitrogen and oxygen atoms in total. The molecule has 0 aromatic heterocycles. The normalized spacial score (nSPS) is 12.3. The Morgan fingerprint density at radius 2 is 2.00 bits per heavy atom. The summed E-state index contributed by atoms with van der Waals surface area (Å²) in [7, 11) is 0. The summed E-state index contributed by atoms with van der Waals surface area (Å²) >= 11 is 10.9. The number of nitrogens with one attached hydrogen (secondary N) is 2. The van der Waals surface area contributed by atoms with Crippen molar-refractivity contribution in [2.24, 2.45) is 5.92 Å². The number of halogens is 2. The molecule has 106 valence electrons. The van der Waals surface area contributed by atoms with Crippen molar-refractivity contribution in [1.82, 2.24) is 5.32 Å². The summed E-state index contributed by atoms with van der Waals surface area (Å²) in [6, 6.07) is 4.74. The number of hydrogen-bond donors (Lipinski definition) is 2. The van der Waals surface area contributed by atoms with Crippen LogP contribution in [-0.4, -0.2) is 11.2 Å². The lowest BCUT2D eigenvalue weighted by Gasteiger charge is -2.18. The van der Waals surface area contributed by atoms with Crippen LogP contribution in [0.3, 0.4) is 0 Å². The molecule has 0 aliphatic rings. The lowest BCUT2D eigenvalue weighted by atomic mass is 10.0. The van der Waals surface area contributed by atoms with Gasteiger partial charge in [0.15, 0.2) is 5.11 Å². The molecule has 5 heteroatoms. The van der Waals surface area contributed by atoms with Crippen LogP contribution >= 0.6 is 23.8 Å². The van der Waals surface area contributed by atoms with Crippen molar-refractivity contribution in [2.75, 3.05) is 5.32 Å². The third-order valence-electron chi connectivity index (χ3n) is 2.73. The molecule has 0 spiro atoms. The first-order valence-corrected chi connectivity index (χ1v) is 7.19. The van der Waals surface area contributed by atoms with Crippen molar-refractivity contribution in [3.05, 3.63) is 29.0 Å². The first-order chi connectivity index (χ1) is 8.88. The van der Waals surface area contributed by atoms with E-state index in [2.05, 4.69) is 31.4 Å². The van der Waals surface area contributed by atoms with E-state index in [1.807, 2.05) is 0 Å². The first-order valence-electron chi connectivity index (χ1n) is 6.41. The van der Waals surface area contributed by atoms with Gasteiger partial charge in [-0.1, -0.05) is 25.4 Å². The molecule has 1 aromatic rings. The van der Waals surface area contributed by atoms with E-state index < -0.39 is 5.82 Å². The van der Waals surface area contributed by atoms with Gasteiger partial charge in [0.25, 0.3) is 0 Å². The molecular weight excluding hydrogens is 283 g/mol. The second-order valence-electron chi connectivity index (χ2n) is 5.10. The molecule has 0 radical (unpaired) electrons. The zero-order valence-corrected chi connectivity index (χ0v) is 13.0. The van der Waals surface area contributed by atoms with Gasteiger partial charge in [0.05, 0.1) is 5.02 Å². The Morgan fingerprint density at radius 1 is 1.32 bits per heavy atom. The smallest absolute Gasteiger partial charge is 0.170 e. The van der Waals surface area contributed by atoms with Crippen LogP contribution in [0.5, 0.6) is 0 Å². The summed E-state index contributed by atoms with van der Waals surface area (Å²) in [5, 5.41) is 6.81. The van der Waals surface area contributed by atoms with E-state index in [1.54, 1.807) is 6.07 Å². The number of rotatable bonds is 5. The Balaban J connectivity index is 2.44. The highest BCUT2D eigenvalue weighted by Gasteiger charge is 2.07. The Kier molecular flexibility index (Phi) is 6.52. The molecule has 0 amide bonds. The van der Waals surface area contributed by atoms with Crippen LogP contribution in [0.25, 0.3) is 0 Å². The number of thiocarbonyl (C=S) groups is 1. The first kappa shape index (κ1) is 16.2. The molecule has 0 saturated carbocycles. The lowest BCUT2D eigenvalue weighted by Crippen LogP contribution is -2.36. The predicted octanol–water partition coefficient (Wildman–Crippen LogP) is 4.59. The van der Waals surface area contributed by atoms with Crippen LogP contribution in [0.4, 0.5) is 10.1 Å². The molecule has 0 fully saturated rings. The van der Waals surface area contributed by atoms with E-state index in [-0.39, 0.29) is 5.02 Å². The maximum atomic E-state index is 13.0. The monoisotopic (exact) mass is 302 g/mol. The van der Waals surface area contributed by atoms with Gasteiger partial charge in [0, 0.05) is 11.7 Å². The van der Waals surface area contributed by atoms with E-state index in [4.69, 9.17) is 23.8 Å². The van der Waals surface area contributed by atoms with E-state index >= 15 is 0 Å². The molecule has 1 atom stereocenters. The van der Waals surface area contributed by atoms with E-state index in [9.17, 15) is 4.39 Å². The number of benzene rings is 1. The molecular formula is C14H20ClFN2S. The van der Waals surface area contributed by atoms with Crippen molar-refractivity contribution in [3.63, 3.8) is 0 Å². The molecule has 0 aliphatic heterocycles. The quantitative estimate of drug-likeness (QED) is 0.778. The van der Waals surface area contributed by atoms with Crippen LogP contribution < -0.4 is 10.6 Å². The molecule has 2 N–H and O–H groups in total. The SMILES string of the molecule is CC(C)CCC(C)NC(=S)Nc1ccc(F)c(Cl)c1. The largest absolute Gasteiger partial charge is 0.360 e. The summed E-state index contributed by atoms with van der Waals surface area (Å²) in [5.74, 6) is 0.248. The average Bonchev–Trinajstić information content (AvgIpc) is 2.31. The van der Waals surface area contributed by atoms with Crippen LogP contribution in [0.1, 0.15) is 33.6 Å². The van der Waals surface area contributed by atoms with E-state index in [1.165, 1.54) is 12.1 Å². The average molecular weight is 303 g/mol. The fourth-order valence-electron chi connectivity index (χ4n) is 1.62. The van der Waals surface area contributed by atoms with Gasteiger partial charge in [-0.3, -0.25) is 0 Å². The second kappa shape index (κ2) is 7.65. The zero-order chi connectivity index (χ0) is 14.4. The highest BCUT2D eigenvalue weighted by atomic mass is 35.5. The third kappa shape index (κ3) is 6.21. The zero-order valence-electron chi connectivity index (χ0n) is 11.5. The lowest BCUT2D eigenvalue weighted by molar-refractivity contribution is 0.494. The van der Waals surface area contributed by atoms with Crippen molar-refractivity contribution in [1.29, 1.82) is 0 Å². The predicted molar refractivity (Wildman–Crippen MR) is 84.3 cm³/mol. The van der Waals surface area contributed by atoms with Gasteiger partial charge in [0.2, 0.25) is 0 Å². The van der Waals surface area contributed by atoms with Crippen LogP contribution in [0.2, 0.25) is 5.02 Å². The fourth-order valence-corrected chi connectivity index (χ4v) is 2.12. The van der Waals surface area contributed by atoms with Gasteiger partial charge >= 0.3 is 0 Å². The third-order valence-corrected chi connectivity index (χ3v) is 3.24. The molecule has 1 unspecified atom stereocenters. The van der Waals surface area contributed by atoms with Crippen LogP contribution in [0.15, 0.2) is 18.2 Å². The molecule has 0 saturated heterocycles.